The summed E-state index contributed by atoms with van der Waals surface area (Å²) in [5, 5.41) is 3.62. The van der Waals surface area contributed by atoms with Crippen molar-refractivity contribution in [2.45, 2.75) is 58.4 Å². The van der Waals surface area contributed by atoms with Crippen molar-refractivity contribution in [3.05, 3.63) is 12.7 Å². The second kappa shape index (κ2) is 9.57. The van der Waals surface area contributed by atoms with Crippen molar-refractivity contribution in [1.82, 2.24) is 10.2 Å². The lowest BCUT2D eigenvalue weighted by Gasteiger charge is -2.27. The van der Waals surface area contributed by atoms with Gasteiger partial charge >= 0.3 is 0 Å². The minimum Gasteiger partial charge on any atom is -0.313 e. The fourth-order valence-corrected chi connectivity index (χ4v) is 2.80. The third-order valence-corrected chi connectivity index (χ3v) is 3.65. The Morgan fingerprint density at radius 2 is 2.17 bits per heavy atom. The molecule has 2 nitrogen and oxygen atoms in total. The maximum atomic E-state index is 3.78. The molecule has 0 aliphatic carbocycles. The van der Waals surface area contributed by atoms with E-state index in [1.165, 1.54) is 64.7 Å². The molecule has 0 aromatic heterocycles. The second-order valence-electron chi connectivity index (χ2n) is 6.08. The van der Waals surface area contributed by atoms with Crippen LogP contribution < -0.4 is 5.32 Å². The summed E-state index contributed by atoms with van der Waals surface area (Å²) < 4.78 is 0. The van der Waals surface area contributed by atoms with Crippen molar-refractivity contribution in [3.8, 4) is 0 Å². The van der Waals surface area contributed by atoms with Gasteiger partial charge in [0, 0.05) is 19.1 Å². The molecule has 0 spiro atoms. The summed E-state index contributed by atoms with van der Waals surface area (Å²) in [6.45, 7) is 13.4. The number of nitrogens with one attached hydrogen (secondary N) is 1. The van der Waals surface area contributed by atoms with E-state index >= 15 is 0 Å². The molecule has 0 bridgehead atoms. The monoisotopic (exact) mass is 252 g/mol. The minimum absolute atomic E-state index is 0.747. The molecule has 0 aromatic rings. The van der Waals surface area contributed by atoms with Gasteiger partial charge in [-0.25, -0.2) is 0 Å². The summed E-state index contributed by atoms with van der Waals surface area (Å²) in [5.74, 6) is 0.777. The average molecular weight is 252 g/mol. The van der Waals surface area contributed by atoms with Crippen LogP contribution in [0.2, 0.25) is 0 Å². The Morgan fingerprint density at radius 3 is 2.78 bits per heavy atom. The van der Waals surface area contributed by atoms with Gasteiger partial charge in [0.25, 0.3) is 0 Å². The largest absolute Gasteiger partial charge is 0.313 e. The first-order chi connectivity index (χ1) is 8.72. The molecule has 0 saturated carbocycles. The zero-order chi connectivity index (χ0) is 13.2. The normalized spacial score (nSPS) is 19.9. The molecule has 0 aromatic carbocycles. The van der Waals surface area contributed by atoms with Gasteiger partial charge < -0.3 is 10.2 Å². The van der Waals surface area contributed by atoms with E-state index in [0.29, 0.717) is 0 Å². The van der Waals surface area contributed by atoms with Crippen LogP contribution in [0, 0.1) is 5.92 Å². The van der Waals surface area contributed by atoms with E-state index in [1.807, 2.05) is 6.08 Å². The molecule has 18 heavy (non-hydrogen) atoms. The van der Waals surface area contributed by atoms with Crippen LogP contribution in [0.15, 0.2) is 12.7 Å². The third-order valence-electron chi connectivity index (χ3n) is 3.65. The molecule has 1 atom stereocenters. The SMILES string of the molecule is C=CCCCCCN(CC(C)C)CC1CCCN1. The lowest BCUT2D eigenvalue weighted by atomic mass is 10.1. The van der Waals surface area contributed by atoms with Crippen LogP contribution in [-0.2, 0) is 0 Å². The third kappa shape index (κ3) is 7.17. The van der Waals surface area contributed by atoms with E-state index in [2.05, 4.69) is 30.6 Å². The molecule has 1 aliphatic rings. The molecule has 106 valence electrons. The van der Waals surface area contributed by atoms with Gasteiger partial charge in [-0.2, -0.15) is 0 Å². The summed E-state index contributed by atoms with van der Waals surface area (Å²) in [6, 6.07) is 0.747. The zero-order valence-corrected chi connectivity index (χ0v) is 12.5. The van der Waals surface area contributed by atoms with Gasteiger partial charge in [-0.3, -0.25) is 0 Å². The van der Waals surface area contributed by atoms with Crippen LogP contribution in [0.4, 0.5) is 0 Å². The zero-order valence-electron chi connectivity index (χ0n) is 12.5. The van der Waals surface area contributed by atoms with Crippen LogP contribution in [0.5, 0.6) is 0 Å². The summed E-state index contributed by atoms with van der Waals surface area (Å²) in [5.41, 5.74) is 0. The topological polar surface area (TPSA) is 15.3 Å². The van der Waals surface area contributed by atoms with E-state index in [0.717, 1.165) is 12.0 Å². The van der Waals surface area contributed by atoms with Crippen molar-refractivity contribution in [2.75, 3.05) is 26.2 Å². The maximum Gasteiger partial charge on any atom is 0.0195 e. The van der Waals surface area contributed by atoms with Crippen LogP contribution >= 0.6 is 0 Å². The molecule has 1 rings (SSSR count). The summed E-state index contributed by atoms with van der Waals surface area (Å²) in [4.78, 5) is 2.67. The molecule has 1 heterocycles. The second-order valence-corrected chi connectivity index (χ2v) is 6.08. The number of hydrogen-bond donors (Lipinski definition) is 1. The highest BCUT2D eigenvalue weighted by atomic mass is 15.2. The van der Waals surface area contributed by atoms with Gasteiger partial charge in [0.15, 0.2) is 0 Å². The van der Waals surface area contributed by atoms with Crippen molar-refractivity contribution >= 4 is 0 Å². The predicted molar refractivity (Wildman–Crippen MR) is 81.0 cm³/mol. The number of unbranched alkanes of at least 4 members (excludes halogenated alkanes) is 3. The van der Waals surface area contributed by atoms with Gasteiger partial charge in [-0.05, 0) is 51.1 Å². The minimum atomic E-state index is 0.747. The molecular formula is C16H32N2. The van der Waals surface area contributed by atoms with E-state index in [4.69, 9.17) is 0 Å². The van der Waals surface area contributed by atoms with Crippen LogP contribution in [0.25, 0.3) is 0 Å². The number of rotatable bonds is 10. The molecule has 1 unspecified atom stereocenters. The summed E-state index contributed by atoms with van der Waals surface area (Å²) >= 11 is 0. The van der Waals surface area contributed by atoms with Crippen molar-refractivity contribution in [1.29, 1.82) is 0 Å². The molecule has 1 aliphatic heterocycles. The van der Waals surface area contributed by atoms with E-state index < -0.39 is 0 Å². The predicted octanol–water partition coefficient (Wildman–Crippen LogP) is 3.44. The average Bonchev–Trinajstić information content (AvgIpc) is 2.80. The number of allylic oxidation sites excluding steroid dienone is 1. The molecule has 0 amide bonds. The van der Waals surface area contributed by atoms with Gasteiger partial charge in [-0.15, -0.1) is 6.58 Å². The number of hydrogen-bond acceptors (Lipinski definition) is 2. The first kappa shape index (κ1) is 15.7. The first-order valence-corrected chi connectivity index (χ1v) is 7.79. The van der Waals surface area contributed by atoms with E-state index in [-0.39, 0.29) is 0 Å². The van der Waals surface area contributed by atoms with Crippen molar-refractivity contribution in [2.24, 2.45) is 5.92 Å². The smallest absolute Gasteiger partial charge is 0.0195 e. The molecule has 1 N–H and O–H groups in total. The Labute approximate surface area is 114 Å². The van der Waals surface area contributed by atoms with Crippen LogP contribution in [0.3, 0.4) is 0 Å². The van der Waals surface area contributed by atoms with Gasteiger partial charge in [0.2, 0.25) is 0 Å². The maximum absolute atomic E-state index is 3.78. The fourth-order valence-electron chi connectivity index (χ4n) is 2.80. The fraction of sp³-hybridized carbons (Fsp3) is 0.875. The highest BCUT2D eigenvalue weighted by Gasteiger charge is 2.18. The van der Waals surface area contributed by atoms with E-state index in [9.17, 15) is 0 Å². The Hall–Kier alpha value is -0.340. The van der Waals surface area contributed by atoms with Gasteiger partial charge in [0.1, 0.15) is 0 Å². The van der Waals surface area contributed by atoms with Crippen LogP contribution in [0.1, 0.15) is 52.4 Å². The Kier molecular flexibility index (Phi) is 8.36. The van der Waals surface area contributed by atoms with Gasteiger partial charge in [0.05, 0.1) is 0 Å². The van der Waals surface area contributed by atoms with Crippen molar-refractivity contribution in [3.63, 3.8) is 0 Å². The van der Waals surface area contributed by atoms with E-state index in [1.54, 1.807) is 0 Å². The summed E-state index contributed by atoms with van der Waals surface area (Å²) in [7, 11) is 0. The number of nitrogens with zero attached hydrogens (tertiary/aromatic N) is 1. The molecule has 0 radical (unpaired) electrons. The Balaban J connectivity index is 2.19. The van der Waals surface area contributed by atoms with Crippen LogP contribution in [-0.4, -0.2) is 37.1 Å². The highest BCUT2D eigenvalue weighted by molar-refractivity contribution is 4.78. The molecule has 1 fully saturated rings. The Morgan fingerprint density at radius 1 is 1.33 bits per heavy atom. The summed E-state index contributed by atoms with van der Waals surface area (Å²) in [6.07, 6.45) is 9.93. The standard InChI is InChI=1S/C16H32N2/c1-4-5-6-7-8-12-18(13-15(2)3)14-16-10-9-11-17-16/h4,15-17H,1,5-14H2,2-3H3. The molecule has 1 saturated heterocycles. The lowest BCUT2D eigenvalue weighted by Crippen LogP contribution is -2.39. The first-order valence-electron chi connectivity index (χ1n) is 7.79. The Bertz CT molecular complexity index is 207. The van der Waals surface area contributed by atoms with Crippen molar-refractivity contribution < 1.29 is 0 Å². The quantitative estimate of drug-likeness (QED) is 0.473. The van der Waals surface area contributed by atoms with Gasteiger partial charge in [-0.1, -0.05) is 26.3 Å². The molecule has 2 heteroatoms. The lowest BCUT2D eigenvalue weighted by molar-refractivity contribution is 0.219. The molecular weight excluding hydrogens is 220 g/mol. The highest BCUT2D eigenvalue weighted by Crippen LogP contribution is 2.10.